The van der Waals surface area contributed by atoms with E-state index in [4.69, 9.17) is 0 Å². The van der Waals surface area contributed by atoms with E-state index in [0.29, 0.717) is 29.6 Å². The molecule has 2 amide bonds. The van der Waals surface area contributed by atoms with Crippen molar-refractivity contribution >= 4 is 28.3 Å². The van der Waals surface area contributed by atoms with Crippen molar-refractivity contribution in [1.82, 2.24) is 10.3 Å². The minimum Gasteiger partial charge on any atom is -0.353 e. The van der Waals surface area contributed by atoms with Gasteiger partial charge >= 0.3 is 0 Å². The van der Waals surface area contributed by atoms with Crippen molar-refractivity contribution in [3.8, 4) is 0 Å². The zero-order valence-corrected chi connectivity index (χ0v) is 15.0. The number of amides is 2. The number of aryl methyl sites for hydroxylation is 1. The number of benzene rings is 1. The predicted molar refractivity (Wildman–Crippen MR) is 99.8 cm³/mol. The Balaban J connectivity index is 1.45. The number of nitrogens with zero attached hydrogens (tertiary/aromatic N) is 1. The molecule has 1 saturated carbocycles. The number of anilines is 1. The van der Waals surface area contributed by atoms with Gasteiger partial charge in [0, 0.05) is 23.4 Å². The molecule has 2 aromatic rings. The van der Waals surface area contributed by atoms with Crippen LogP contribution in [0.1, 0.15) is 54.6 Å². The van der Waals surface area contributed by atoms with Crippen molar-refractivity contribution < 1.29 is 9.59 Å². The molecular weight excluding hydrogens is 334 g/mol. The van der Waals surface area contributed by atoms with Gasteiger partial charge in [0.25, 0.3) is 5.91 Å². The summed E-state index contributed by atoms with van der Waals surface area (Å²) in [5, 5.41) is 8.38. The van der Waals surface area contributed by atoms with Gasteiger partial charge in [0.15, 0.2) is 5.13 Å². The quantitative estimate of drug-likeness (QED) is 0.826. The summed E-state index contributed by atoms with van der Waals surface area (Å²) in [7, 11) is 0. The standard InChI is InChI=1S/C19H23N3O2S/c23-17(20-15-9-5-2-6-10-15)12-11-16-13-25-19(21-16)22-18(24)14-7-3-1-4-8-14/h1,3-4,7-8,13,15H,2,5-6,9-12H2,(H,20,23)(H,21,22,24). The van der Waals surface area contributed by atoms with E-state index in [2.05, 4.69) is 15.6 Å². The lowest BCUT2D eigenvalue weighted by Crippen LogP contribution is -2.36. The maximum Gasteiger partial charge on any atom is 0.257 e. The molecule has 1 aromatic carbocycles. The van der Waals surface area contributed by atoms with Crippen molar-refractivity contribution in [2.45, 2.75) is 51.0 Å². The van der Waals surface area contributed by atoms with Crippen LogP contribution < -0.4 is 10.6 Å². The average molecular weight is 357 g/mol. The maximum atomic E-state index is 12.1. The number of carbonyl (C=O) groups excluding carboxylic acids is 2. The summed E-state index contributed by atoms with van der Waals surface area (Å²) in [6.07, 6.45) is 6.92. The summed E-state index contributed by atoms with van der Waals surface area (Å²) in [5.41, 5.74) is 1.44. The van der Waals surface area contributed by atoms with Gasteiger partial charge in [-0.25, -0.2) is 4.98 Å². The van der Waals surface area contributed by atoms with E-state index < -0.39 is 0 Å². The van der Waals surface area contributed by atoms with Gasteiger partial charge in [0.1, 0.15) is 0 Å². The molecule has 0 unspecified atom stereocenters. The van der Waals surface area contributed by atoms with E-state index in [0.717, 1.165) is 18.5 Å². The molecule has 1 aliphatic rings. The highest BCUT2D eigenvalue weighted by molar-refractivity contribution is 7.14. The van der Waals surface area contributed by atoms with Gasteiger partial charge in [0.2, 0.25) is 5.91 Å². The molecule has 0 atom stereocenters. The molecule has 0 bridgehead atoms. The van der Waals surface area contributed by atoms with Crippen LogP contribution in [-0.4, -0.2) is 22.8 Å². The minimum absolute atomic E-state index is 0.0924. The van der Waals surface area contributed by atoms with Crippen LogP contribution in [0.4, 0.5) is 5.13 Å². The van der Waals surface area contributed by atoms with Gasteiger partial charge in [-0.2, -0.15) is 0 Å². The molecule has 132 valence electrons. The fourth-order valence-corrected chi connectivity index (χ4v) is 3.77. The van der Waals surface area contributed by atoms with Crippen LogP contribution in [-0.2, 0) is 11.2 Å². The Morgan fingerprint density at radius 1 is 1.12 bits per heavy atom. The van der Waals surface area contributed by atoms with Crippen LogP contribution in [0.5, 0.6) is 0 Å². The van der Waals surface area contributed by atoms with E-state index >= 15 is 0 Å². The van der Waals surface area contributed by atoms with Gasteiger partial charge in [-0.3, -0.25) is 14.9 Å². The fraction of sp³-hybridized carbons (Fsp3) is 0.421. The summed E-state index contributed by atoms with van der Waals surface area (Å²) in [5.74, 6) is -0.0775. The van der Waals surface area contributed by atoms with E-state index in [9.17, 15) is 9.59 Å². The average Bonchev–Trinajstić information content (AvgIpc) is 3.09. The number of rotatable bonds is 6. The Kier molecular flexibility index (Phi) is 6.17. The van der Waals surface area contributed by atoms with Crippen molar-refractivity contribution in [1.29, 1.82) is 0 Å². The predicted octanol–water partition coefficient (Wildman–Crippen LogP) is 3.78. The molecule has 25 heavy (non-hydrogen) atoms. The fourth-order valence-electron chi connectivity index (χ4n) is 3.03. The van der Waals surface area contributed by atoms with Crippen LogP contribution in [0.25, 0.3) is 0 Å². The second-order valence-corrected chi connectivity index (χ2v) is 7.22. The number of nitrogens with one attached hydrogen (secondary N) is 2. The van der Waals surface area contributed by atoms with E-state index in [1.165, 1.54) is 30.6 Å². The molecule has 2 N–H and O–H groups in total. The third kappa shape index (κ3) is 5.39. The molecular formula is C19H23N3O2S. The lowest BCUT2D eigenvalue weighted by atomic mass is 9.95. The molecule has 0 radical (unpaired) electrons. The Labute approximate surface area is 151 Å². The molecule has 1 aliphatic carbocycles. The Hall–Kier alpha value is -2.21. The summed E-state index contributed by atoms with van der Waals surface area (Å²) in [6.45, 7) is 0. The first kappa shape index (κ1) is 17.6. The third-order valence-corrected chi connectivity index (χ3v) is 5.19. The number of thiazole rings is 1. The highest BCUT2D eigenvalue weighted by Crippen LogP contribution is 2.19. The normalized spacial score (nSPS) is 14.9. The van der Waals surface area contributed by atoms with Gasteiger partial charge in [-0.1, -0.05) is 37.5 Å². The molecule has 5 nitrogen and oxygen atoms in total. The van der Waals surface area contributed by atoms with Gasteiger partial charge in [0.05, 0.1) is 5.69 Å². The van der Waals surface area contributed by atoms with Crippen molar-refractivity contribution in [3.63, 3.8) is 0 Å². The summed E-state index contributed by atoms with van der Waals surface area (Å²) >= 11 is 1.39. The largest absolute Gasteiger partial charge is 0.353 e. The Morgan fingerprint density at radius 3 is 2.64 bits per heavy atom. The van der Waals surface area contributed by atoms with Crippen LogP contribution in [0.2, 0.25) is 0 Å². The summed E-state index contributed by atoms with van der Waals surface area (Å²) in [4.78, 5) is 28.6. The van der Waals surface area contributed by atoms with Crippen LogP contribution in [0.3, 0.4) is 0 Å². The van der Waals surface area contributed by atoms with Crippen LogP contribution >= 0.6 is 11.3 Å². The summed E-state index contributed by atoms with van der Waals surface area (Å²) < 4.78 is 0. The first-order valence-electron chi connectivity index (χ1n) is 8.81. The Morgan fingerprint density at radius 2 is 1.88 bits per heavy atom. The molecule has 1 fully saturated rings. The molecule has 0 spiro atoms. The number of hydrogen-bond donors (Lipinski definition) is 2. The van der Waals surface area contributed by atoms with Crippen molar-refractivity contribution in [2.24, 2.45) is 0 Å². The SMILES string of the molecule is O=C(CCc1csc(NC(=O)c2ccccc2)n1)NC1CCCCC1. The second-order valence-electron chi connectivity index (χ2n) is 6.37. The third-order valence-electron chi connectivity index (χ3n) is 4.39. The highest BCUT2D eigenvalue weighted by atomic mass is 32.1. The first-order valence-corrected chi connectivity index (χ1v) is 9.69. The zero-order valence-electron chi connectivity index (χ0n) is 14.2. The molecule has 6 heteroatoms. The molecule has 0 aliphatic heterocycles. The first-order chi connectivity index (χ1) is 12.2. The van der Waals surface area contributed by atoms with Crippen molar-refractivity contribution in [2.75, 3.05) is 5.32 Å². The number of aromatic nitrogens is 1. The van der Waals surface area contributed by atoms with Crippen LogP contribution in [0.15, 0.2) is 35.7 Å². The lowest BCUT2D eigenvalue weighted by Gasteiger charge is -2.22. The molecule has 1 heterocycles. The van der Waals surface area contributed by atoms with E-state index in [-0.39, 0.29) is 11.8 Å². The van der Waals surface area contributed by atoms with E-state index in [1.54, 1.807) is 12.1 Å². The number of carbonyl (C=O) groups is 2. The van der Waals surface area contributed by atoms with Gasteiger partial charge in [-0.15, -0.1) is 11.3 Å². The highest BCUT2D eigenvalue weighted by Gasteiger charge is 2.16. The zero-order chi connectivity index (χ0) is 17.5. The molecule has 1 aromatic heterocycles. The van der Waals surface area contributed by atoms with E-state index in [1.807, 2.05) is 23.6 Å². The lowest BCUT2D eigenvalue weighted by molar-refractivity contribution is -0.122. The monoisotopic (exact) mass is 357 g/mol. The van der Waals surface area contributed by atoms with Crippen LogP contribution in [0, 0.1) is 0 Å². The number of hydrogen-bond acceptors (Lipinski definition) is 4. The molecule has 3 rings (SSSR count). The minimum atomic E-state index is -0.170. The summed E-state index contributed by atoms with van der Waals surface area (Å²) in [6, 6.07) is 9.40. The topological polar surface area (TPSA) is 71.1 Å². The maximum absolute atomic E-state index is 12.1. The van der Waals surface area contributed by atoms with Gasteiger partial charge in [-0.05, 0) is 31.4 Å². The van der Waals surface area contributed by atoms with Crippen molar-refractivity contribution in [3.05, 3.63) is 47.0 Å². The smallest absolute Gasteiger partial charge is 0.257 e. The second kappa shape index (κ2) is 8.76. The molecule has 0 saturated heterocycles. The Bertz CT molecular complexity index is 708. The van der Waals surface area contributed by atoms with Gasteiger partial charge < -0.3 is 5.32 Å².